The summed E-state index contributed by atoms with van der Waals surface area (Å²) in [7, 11) is 5.93. The van der Waals surface area contributed by atoms with E-state index in [1.165, 1.54) is 14.2 Å². The van der Waals surface area contributed by atoms with Gasteiger partial charge in [0.25, 0.3) is 0 Å². The Morgan fingerprint density at radius 2 is 1.20 bits per heavy atom. The van der Waals surface area contributed by atoms with E-state index in [2.05, 4.69) is 40.6 Å². The third-order valence-electron chi connectivity index (χ3n) is 10.7. The highest BCUT2D eigenvalue weighted by atomic mass is 16.5. The van der Waals surface area contributed by atoms with Gasteiger partial charge in [0.05, 0.1) is 68.0 Å². The van der Waals surface area contributed by atoms with Gasteiger partial charge in [0.15, 0.2) is 0 Å². The van der Waals surface area contributed by atoms with Crippen LogP contribution in [0.2, 0.25) is 0 Å². The van der Waals surface area contributed by atoms with E-state index in [0.29, 0.717) is 13.1 Å². The number of benzene rings is 1. The van der Waals surface area contributed by atoms with E-state index in [1.807, 2.05) is 72.2 Å². The maximum absolute atomic E-state index is 13.7. The lowest BCUT2D eigenvalue weighted by molar-refractivity contribution is -0.140. The summed E-state index contributed by atoms with van der Waals surface area (Å²) in [4.78, 5) is 70.5. The minimum absolute atomic E-state index is 0.0390. The van der Waals surface area contributed by atoms with Gasteiger partial charge >= 0.3 is 12.2 Å². The van der Waals surface area contributed by atoms with Crippen LogP contribution in [0.1, 0.15) is 85.8 Å². The van der Waals surface area contributed by atoms with Crippen molar-refractivity contribution in [3.8, 4) is 0 Å². The van der Waals surface area contributed by atoms with E-state index in [1.54, 1.807) is 26.6 Å². The van der Waals surface area contributed by atoms with Crippen molar-refractivity contribution in [3.63, 3.8) is 0 Å². The van der Waals surface area contributed by atoms with E-state index >= 15 is 0 Å². The number of nitrogens with zero attached hydrogens (tertiary/aromatic N) is 4. The average Bonchev–Trinajstić information content (AvgIpc) is 4.06. The highest BCUT2D eigenvalue weighted by Crippen LogP contribution is 2.33. The fourth-order valence-electron chi connectivity index (χ4n) is 7.19. The molecule has 16 heteroatoms. The zero-order valence-electron chi connectivity index (χ0n) is 33.0. The lowest BCUT2D eigenvalue weighted by Gasteiger charge is -2.31. The smallest absolute Gasteiger partial charge is 0.406 e. The Morgan fingerprint density at radius 3 is 1.62 bits per heavy atom. The fraction of sp³-hybridized carbons (Fsp3) is 0.500. The number of imidazole rings is 2. The first-order valence-corrected chi connectivity index (χ1v) is 19.1. The van der Waals surface area contributed by atoms with Crippen molar-refractivity contribution in [3.05, 3.63) is 70.8 Å². The number of carbonyl (C=O) groups is 4. The molecule has 0 saturated carbocycles. The maximum Gasteiger partial charge on any atom is 0.406 e. The number of hydrogen-bond donors (Lipinski definition) is 5. The summed E-state index contributed by atoms with van der Waals surface area (Å²) in [5.74, 6) is 0.285. The Bertz CT molecular complexity index is 1710. The molecule has 0 bridgehead atoms. The molecule has 0 unspecified atom stereocenters. The largest absolute Gasteiger partial charge is 0.453 e. The van der Waals surface area contributed by atoms with Crippen molar-refractivity contribution in [1.29, 1.82) is 0 Å². The second-order valence-corrected chi connectivity index (χ2v) is 14.1. The second-order valence-electron chi connectivity index (χ2n) is 14.1. The highest BCUT2D eigenvalue weighted by Gasteiger charge is 2.39. The fourth-order valence-corrected chi connectivity index (χ4v) is 7.19. The Morgan fingerprint density at radius 1 is 0.750 bits per heavy atom. The summed E-state index contributed by atoms with van der Waals surface area (Å²) in [5, 5.41) is 8.46. The Labute approximate surface area is 327 Å². The predicted octanol–water partition coefficient (Wildman–Crippen LogP) is 4.39. The number of H-pyrrole nitrogens is 2. The minimum Gasteiger partial charge on any atom is -0.453 e. The van der Waals surface area contributed by atoms with Gasteiger partial charge in [-0.3, -0.25) is 9.59 Å². The van der Waals surface area contributed by atoms with Crippen molar-refractivity contribution >= 4 is 48.3 Å². The van der Waals surface area contributed by atoms with Gasteiger partial charge in [0.1, 0.15) is 11.6 Å². The van der Waals surface area contributed by atoms with Crippen LogP contribution in [-0.4, -0.2) is 120 Å². The van der Waals surface area contributed by atoms with E-state index in [9.17, 15) is 19.2 Å². The monoisotopic (exact) mass is 773 g/mol. The van der Waals surface area contributed by atoms with Crippen LogP contribution in [0.3, 0.4) is 0 Å². The normalized spacial score (nSPS) is 19.2. The van der Waals surface area contributed by atoms with Crippen molar-refractivity contribution in [1.82, 2.24) is 45.7 Å². The van der Waals surface area contributed by atoms with Crippen LogP contribution in [0.25, 0.3) is 24.3 Å². The Hall–Kier alpha value is -5.48. The van der Waals surface area contributed by atoms with Crippen LogP contribution in [-0.2, 0) is 23.8 Å². The van der Waals surface area contributed by atoms with E-state index in [0.717, 1.165) is 59.8 Å². The molecule has 5 rings (SSSR count). The van der Waals surface area contributed by atoms with Gasteiger partial charge in [-0.05, 0) is 69.9 Å². The SMILES string of the molecule is CN[C@H](C)[C@H](CNC(=O)OC)C(=O)N1CCC[C@H]1c1ncc(/C=C/c2ccc(/C=C/c3cnc([C@@H]4CCCN4C(=O)[C@@H](CNC(=O)OC)[C@@H](C)OC)[nH]3)cc2)[nH]1. The lowest BCUT2D eigenvalue weighted by atomic mass is 9.99. The molecule has 3 aromatic rings. The molecular weight excluding hydrogens is 718 g/mol. The number of hydrogen-bond acceptors (Lipinski definition) is 10. The molecule has 2 saturated heterocycles. The van der Waals surface area contributed by atoms with Crippen molar-refractivity contribution < 1.29 is 33.4 Å². The molecule has 4 amide bonds. The van der Waals surface area contributed by atoms with Gasteiger partial charge in [0, 0.05) is 39.3 Å². The molecule has 1 aromatic carbocycles. The van der Waals surface area contributed by atoms with E-state index < -0.39 is 30.1 Å². The summed E-state index contributed by atoms with van der Waals surface area (Å²) >= 11 is 0. The molecule has 0 radical (unpaired) electrons. The molecule has 6 atom stereocenters. The molecule has 0 spiro atoms. The van der Waals surface area contributed by atoms with Crippen LogP contribution in [0, 0.1) is 11.8 Å². The number of ether oxygens (including phenoxy) is 3. The quantitative estimate of drug-likeness (QED) is 0.139. The summed E-state index contributed by atoms with van der Waals surface area (Å²) in [6.45, 7) is 5.23. The molecule has 0 aliphatic carbocycles. The number of aromatic amines is 2. The zero-order valence-corrected chi connectivity index (χ0v) is 33.0. The molecule has 302 valence electrons. The average molecular weight is 774 g/mol. The van der Waals surface area contributed by atoms with Crippen molar-refractivity contribution in [2.45, 2.75) is 63.8 Å². The second kappa shape index (κ2) is 19.9. The maximum atomic E-state index is 13.7. The molecule has 16 nitrogen and oxygen atoms in total. The van der Waals surface area contributed by atoms with Gasteiger partial charge in [0.2, 0.25) is 11.8 Å². The molecule has 2 fully saturated rings. The van der Waals surface area contributed by atoms with Gasteiger partial charge in [-0.15, -0.1) is 0 Å². The van der Waals surface area contributed by atoms with Crippen molar-refractivity contribution in [2.24, 2.45) is 11.8 Å². The number of methoxy groups -OCH3 is 3. The van der Waals surface area contributed by atoms with Gasteiger partial charge < -0.3 is 49.9 Å². The van der Waals surface area contributed by atoms with Crippen LogP contribution >= 0.6 is 0 Å². The predicted molar refractivity (Wildman–Crippen MR) is 212 cm³/mol. The molecular formula is C40H55N9O7. The number of carbonyl (C=O) groups excluding carboxylic acids is 4. The molecule has 2 aromatic heterocycles. The lowest BCUT2D eigenvalue weighted by Crippen LogP contribution is -2.49. The first-order valence-electron chi connectivity index (χ1n) is 19.1. The van der Waals surface area contributed by atoms with Crippen LogP contribution < -0.4 is 16.0 Å². The van der Waals surface area contributed by atoms with Crippen LogP contribution in [0.5, 0.6) is 0 Å². The molecule has 2 aliphatic heterocycles. The van der Waals surface area contributed by atoms with Crippen LogP contribution in [0.15, 0.2) is 36.7 Å². The number of alkyl carbamates (subject to hydrolysis) is 2. The molecule has 2 aliphatic rings. The highest BCUT2D eigenvalue weighted by molar-refractivity contribution is 5.82. The first kappa shape index (κ1) is 41.7. The molecule has 4 heterocycles. The first-order chi connectivity index (χ1) is 27.1. The summed E-state index contributed by atoms with van der Waals surface area (Å²) in [5.41, 5.74) is 3.67. The minimum atomic E-state index is -0.595. The summed E-state index contributed by atoms with van der Waals surface area (Å²) in [6.07, 6.45) is 13.2. The third kappa shape index (κ3) is 10.4. The molecule has 56 heavy (non-hydrogen) atoms. The number of likely N-dealkylation sites (tertiary alicyclic amines) is 2. The van der Waals surface area contributed by atoms with Crippen LogP contribution in [0.4, 0.5) is 9.59 Å². The summed E-state index contributed by atoms with van der Waals surface area (Å²) in [6, 6.07) is 7.59. The standard InChI is InChI=1S/C40H55N9O7/c1-25(41-3)31(23-44-39(52)55-5)37(50)48-19-7-9-33(48)35-42-21-29(46-35)17-15-27-11-13-28(14-12-27)16-18-30-22-43-36(47-30)34-10-8-20-49(34)38(51)32(26(2)54-4)24-45-40(53)56-6/h11-18,21-22,25-26,31-34,41H,7-10,19-20,23-24H2,1-6H3,(H,42,46)(H,43,47)(H,44,52)(H,45,53)/b17-15+,18-16+/t25-,26-,31+,32+,33+,34+/m1/s1. The van der Waals surface area contributed by atoms with Gasteiger partial charge in [-0.1, -0.05) is 36.4 Å². The van der Waals surface area contributed by atoms with E-state index in [-0.39, 0.29) is 43.0 Å². The zero-order chi connectivity index (χ0) is 40.2. The number of rotatable bonds is 16. The number of aromatic nitrogens is 4. The van der Waals surface area contributed by atoms with Gasteiger partial charge in [-0.25, -0.2) is 19.6 Å². The topological polar surface area (TPSA) is 196 Å². The van der Waals surface area contributed by atoms with Crippen molar-refractivity contribution in [2.75, 3.05) is 54.6 Å². The molecule has 5 N–H and O–H groups in total. The third-order valence-corrected chi connectivity index (χ3v) is 10.7. The number of nitrogens with one attached hydrogen (secondary N) is 5. The summed E-state index contributed by atoms with van der Waals surface area (Å²) < 4.78 is 14.9. The van der Waals surface area contributed by atoms with Gasteiger partial charge in [-0.2, -0.15) is 0 Å². The Balaban J connectivity index is 1.17. The Kier molecular flexibility index (Phi) is 14.8. The van der Waals surface area contributed by atoms with E-state index in [4.69, 9.17) is 9.47 Å². The number of amides is 4.